The van der Waals surface area contributed by atoms with Crippen molar-refractivity contribution in [2.75, 3.05) is 24.1 Å². The van der Waals surface area contributed by atoms with Crippen molar-refractivity contribution < 1.29 is 9.72 Å². The fourth-order valence-corrected chi connectivity index (χ4v) is 1.32. The van der Waals surface area contributed by atoms with E-state index >= 15 is 0 Å². The van der Waals surface area contributed by atoms with E-state index < -0.39 is 4.92 Å². The third kappa shape index (κ3) is 3.89. The fourth-order valence-electron chi connectivity index (χ4n) is 1.32. The number of aromatic nitrogens is 1. The van der Waals surface area contributed by atoms with Gasteiger partial charge in [-0.3, -0.25) is 14.9 Å². The molecule has 0 aromatic carbocycles. The van der Waals surface area contributed by atoms with Crippen LogP contribution in [0.5, 0.6) is 0 Å². The Balaban J connectivity index is 2.63. The summed E-state index contributed by atoms with van der Waals surface area (Å²) in [5, 5.41) is 16.1. The quantitative estimate of drug-likeness (QED) is 0.501. The van der Waals surface area contributed by atoms with Crippen LogP contribution in [0.15, 0.2) is 12.1 Å². The predicted octanol–water partition coefficient (Wildman–Crippen LogP) is 0.510. The molecule has 0 bridgehead atoms. The zero-order chi connectivity index (χ0) is 13.5. The second kappa shape index (κ2) is 6.38. The third-order valence-corrected chi connectivity index (χ3v) is 2.11. The molecule has 1 rings (SSSR count). The first-order valence-corrected chi connectivity index (χ1v) is 5.46. The van der Waals surface area contributed by atoms with Gasteiger partial charge in [-0.25, -0.2) is 4.98 Å². The van der Waals surface area contributed by atoms with Gasteiger partial charge in [0.2, 0.25) is 11.7 Å². The molecule has 18 heavy (non-hydrogen) atoms. The number of carbonyl (C=O) groups is 1. The molecule has 0 spiro atoms. The molecule has 0 atom stereocenters. The summed E-state index contributed by atoms with van der Waals surface area (Å²) < 4.78 is 0. The number of amides is 1. The zero-order valence-electron chi connectivity index (χ0n) is 9.97. The van der Waals surface area contributed by atoms with Crippen molar-refractivity contribution in [2.24, 2.45) is 0 Å². The molecule has 1 aromatic rings. The number of hydrogen-bond donors (Lipinski definition) is 3. The largest absolute Gasteiger partial charge is 0.384 e. The summed E-state index contributed by atoms with van der Waals surface area (Å²) in [5.74, 6) is 0.127. The first kappa shape index (κ1) is 13.7. The monoisotopic (exact) mass is 253 g/mol. The highest BCUT2D eigenvalue weighted by molar-refractivity contribution is 5.76. The highest BCUT2D eigenvalue weighted by Gasteiger charge is 2.15. The van der Waals surface area contributed by atoms with Crippen LogP contribution in [0.3, 0.4) is 0 Å². The minimum Gasteiger partial charge on any atom is -0.384 e. The van der Waals surface area contributed by atoms with E-state index in [4.69, 9.17) is 5.73 Å². The number of pyridine rings is 1. The van der Waals surface area contributed by atoms with Crippen LogP contribution in [0.2, 0.25) is 0 Å². The summed E-state index contributed by atoms with van der Waals surface area (Å²) in [6.07, 6.45) is 0.210. The molecule has 8 nitrogen and oxygen atoms in total. The molecular weight excluding hydrogens is 238 g/mol. The van der Waals surface area contributed by atoms with Gasteiger partial charge in [0.05, 0.1) is 4.92 Å². The zero-order valence-corrected chi connectivity index (χ0v) is 9.97. The van der Waals surface area contributed by atoms with Gasteiger partial charge in [0, 0.05) is 25.6 Å². The van der Waals surface area contributed by atoms with Crippen LogP contribution in [-0.4, -0.2) is 28.9 Å². The highest BCUT2D eigenvalue weighted by Crippen LogP contribution is 2.22. The van der Waals surface area contributed by atoms with Crippen LogP contribution in [0.1, 0.15) is 13.3 Å². The molecule has 1 heterocycles. The summed E-state index contributed by atoms with van der Waals surface area (Å²) in [5.41, 5.74) is 5.29. The van der Waals surface area contributed by atoms with Crippen LogP contribution < -0.4 is 16.4 Å². The molecule has 1 aromatic heterocycles. The Bertz CT molecular complexity index is 449. The van der Waals surface area contributed by atoms with E-state index in [1.165, 1.54) is 12.1 Å². The van der Waals surface area contributed by atoms with E-state index in [1.807, 2.05) is 6.92 Å². The standard InChI is InChI=1S/C10H15N5O3/c1-2-12-9(16)5-6-13-10-7(15(17)18)3-4-8(11)14-10/h3-4H,2,5-6H2,1H3,(H,12,16)(H3,11,13,14). The van der Waals surface area contributed by atoms with Gasteiger partial charge in [0.25, 0.3) is 0 Å². The summed E-state index contributed by atoms with van der Waals surface area (Å²) in [7, 11) is 0. The van der Waals surface area contributed by atoms with E-state index in [2.05, 4.69) is 15.6 Å². The maximum absolute atomic E-state index is 11.2. The first-order valence-electron chi connectivity index (χ1n) is 5.46. The van der Waals surface area contributed by atoms with Gasteiger partial charge in [-0.05, 0) is 13.0 Å². The number of nitro groups is 1. The van der Waals surface area contributed by atoms with Crippen molar-refractivity contribution in [3.63, 3.8) is 0 Å². The molecule has 0 fully saturated rings. The number of hydrogen-bond acceptors (Lipinski definition) is 6. The molecule has 1 amide bonds. The second-order valence-corrected chi connectivity index (χ2v) is 3.49. The average Bonchev–Trinajstić information content (AvgIpc) is 2.29. The molecule has 0 aliphatic rings. The molecule has 0 aliphatic carbocycles. The Labute approximate surface area is 104 Å². The predicted molar refractivity (Wildman–Crippen MR) is 67.1 cm³/mol. The Morgan fingerprint density at radius 2 is 2.28 bits per heavy atom. The maximum atomic E-state index is 11.2. The van der Waals surface area contributed by atoms with Crippen molar-refractivity contribution >= 4 is 23.2 Å². The summed E-state index contributed by atoms with van der Waals surface area (Å²) in [6.45, 7) is 2.62. The van der Waals surface area contributed by atoms with Gasteiger partial charge in [0.1, 0.15) is 5.82 Å². The molecule has 4 N–H and O–H groups in total. The van der Waals surface area contributed by atoms with Gasteiger partial charge < -0.3 is 16.4 Å². The van der Waals surface area contributed by atoms with Gasteiger partial charge in [-0.15, -0.1) is 0 Å². The van der Waals surface area contributed by atoms with Gasteiger partial charge >= 0.3 is 5.69 Å². The molecule has 0 saturated carbocycles. The van der Waals surface area contributed by atoms with Crippen LogP contribution in [0, 0.1) is 10.1 Å². The summed E-state index contributed by atoms with van der Waals surface area (Å²) >= 11 is 0. The van der Waals surface area contributed by atoms with Crippen LogP contribution in [0.4, 0.5) is 17.3 Å². The normalized spacial score (nSPS) is 9.83. The highest BCUT2D eigenvalue weighted by atomic mass is 16.6. The Kier molecular flexibility index (Phi) is 4.85. The summed E-state index contributed by atoms with van der Waals surface area (Å²) in [4.78, 5) is 25.2. The van der Waals surface area contributed by atoms with E-state index in [9.17, 15) is 14.9 Å². The van der Waals surface area contributed by atoms with Crippen LogP contribution in [-0.2, 0) is 4.79 Å². The number of nitrogens with one attached hydrogen (secondary N) is 2. The number of rotatable bonds is 6. The number of anilines is 2. The van der Waals surface area contributed by atoms with Crippen LogP contribution in [0.25, 0.3) is 0 Å². The molecule has 0 unspecified atom stereocenters. The minimum atomic E-state index is -0.555. The van der Waals surface area contributed by atoms with Crippen molar-refractivity contribution in [3.8, 4) is 0 Å². The van der Waals surface area contributed by atoms with Crippen LogP contribution >= 0.6 is 0 Å². The Morgan fingerprint density at radius 1 is 1.56 bits per heavy atom. The lowest BCUT2D eigenvalue weighted by molar-refractivity contribution is -0.384. The van der Waals surface area contributed by atoms with Gasteiger partial charge in [-0.1, -0.05) is 0 Å². The number of carbonyl (C=O) groups excluding carboxylic acids is 1. The lowest BCUT2D eigenvalue weighted by Crippen LogP contribution is -2.25. The molecular formula is C10H15N5O3. The van der Waals surface area contributed by atoms with Crippen molar-refractivity contribution in [1.82, 2.24) is 10.3 Å². The fraction of sp³-hybridized carbons (Fsp3) is 0.400. The number of nitrogen functional groups attached to an aromatic ring is 1. The van der Waals surface area contributed by atoms with E-state index in [-0.39, 0.29) is 36.2 Å². The number of nitrogens with zero attached hydrogens (tertiary/aromatic N) is 2. The van der Waals surface area contributed by atoms with Crippen molar-refractivity contribution in [3.05, 3.63) is 22.2 Å². The van der Waals surface area contributed by atoms with Gasteiger partial charge in [0.15, 0.2) is 0 Å². The number of nitrogens with two attached hydrogens (primary N) is 1. The average molecular weight is 253 g/mol. The second-order valence-electron chi connectivity index (χ2n) is 3.49. The lowest BCUT2D eigenvalue weighted by Gasteiger charge is -2.06. The summed E-state index contributed by atoms with van der Waals surface area (Å²) in [6, 6.07) is 2.63. The topological polar surface area (TPSA) is 123 Å². The molecule has 98 valence electrons. The molecule has 0 radical (unpaired) electrons. The maximum Gasteiger partial charge on any atom is 0.311 e. The molecule has 8 heteroatoms. The minimum absolute atomic E-state index is 0.0734. The van der Waals surface area contributed by atoms with E-state index in [1.54, 1.807) is 0 Å². The lowest BCUT2D eigenvalue weighted by atomic mass is 10.3. The van der Waals surface area contributed by atoms with Crippen molar-refractivity contribution in [1.29, 1.82) is 0 Å². The Morgan fingerprint density at radius 3 is 2.89 bits per heavy atom. The first-order chi connectivity index (χ1) is 8.54. The van der Waals surface area contributed by atoms with E-state index in [0.29, 0.717) is 6.54 Å². The van der Waals surface area contributed by atoms with E-state index in [0.717, 1.165) is 0 Å². The SMILES string of the molecule is CCNC(=O)CCNc1nc(N)ccc1[N+](=O)[O-]. The third-order valence-electron chi connectivity index (χ3n) is 2.11. The smallest absolute Gasteiger partial charge is 0.311 e. The molecule has 0 saturated heterocycles. The Hall–Kier alpha value is -2.38. The van der Waals surface area contributed by atoms with Crippen molar-refractivity contribution in [2.45, 2.75) is 13.3 Å². The molecule has 0 aliphatic heterocycles. The van der Waals surface area contributed by atoms with Gasteiger partial charge in [-0.2, -0.15) is 0 Å².